The van der Waals surface area contributed by atoms with Gasteiger partial charge in [-0.25, -0.2) is 0 Å². The maximum atomic E-state index is 12.0. The second-order valence-electron chi connectivity index (χ2n) is 3.77. The minimum Gasteiger partial charge on any atom is -0.489 e. The second kappa shape index (κ2) is 3.50. The number of carbonyl (C=O) groups excluding carboxylic acids is 2. The van der Waals surface area contributed by atoms with Crippen LogP contribution in [0.25, 0.3) is 0 Å². The quantitative estimate of drug-likeness (QED) is 0.656. The van der Waals surface area contributed by atoms with Gasteiger partial charge in [0.15, 0.2) is 5.78 Å². The van der Waals surface area contributed by atoms with Gasteiger partial charge in [0.2, 0.25) is 0 Å². The number of carbonyl (C=O) groups is 2. The van der Waals surface area contributed by atoms with Crippen molar-refractivity contribution in [2.24, 2.45) is 5.92 Å². The Kier molecular flexibility index (Phi) is 2.31. The van der Waals surface area contributed by atoms with E-state index in [0.717, 1.165) is 0 Å². The zero-order chi connectivity index (χ0) is 11.0. The average molecular weight is 204 g/mol. The van der Waals surface area contributed by atoms with Gasteiger partial charge in [-0.3, -0.25) is 9.59 Å². The highest BCUT2D eigenvalue weighted by atomic mass is 16.5. The molecule has 1 heterocycles. The van der Waals surface area contributed by atoms with E-state index in [0.29, 0.717) is 11.3 Å². The molecule has 78 valence electrons. The summed E-state index contributed by atoms with van der Waals surface area (Å²) in [4.78, 5) is 23.3. The van der Waals surface area contributed by atoms with Crippen molar-refractivity contribution in [3.63, 3.8) is 0 Å². The van der Waals surface area contributed by atoms with Crippen LogP contribution in [-0.4, -0.2) is 17.7 Å². The summed E-state index contributed by atoms with van der Waals surface area (Å²) in [5.74, 6) is -0.341. The Morgan fingerprint density at radius 2 is 2.00 bits per heavy atom. The van der Waals surface area contributed by atoms with E-state index in [2.05, 4.69) is 0 Å². The fraction of sp³-hybridized carbons (Fsp3) is 0.333. The molecule has 2 atom stereocenters. The number of para-hydroxylation sites is 1. The summed E-state index contributed by atoms with van der Waals surface area (Å²) in [7, 11) is 0. The second-order valence-corrected chi connectivity index (χ2v) is 3.77. The topological polar surface area (TPSA) is 43.4 Å². The molecule has 1 aliphatic rings. The van der Waals surface area contributed by atoms with Crippen molar-refractivity contribution in [1.29, 1.82) is 0 Å². The minimum absolute atomic E-state index is 0.128. The monoisotopic (exact) mass is 204 g/mol. The van der Waals surface area contributed by atoms with Gasteiger partial charge in [-0.2, -0.15) is 0 Å². The largest absolute Gasteiger partial charge is 0.489 e. The van der Waals surface area contributed by atoms with Gasteiger partial charge in [-0.05, 0) is 26.0 Å². The zero-order valence-corrected chi connectivity index (χ0v) is 8.69. The maximum Gasteiger partial charge on any atom is 0.180 e. The van der Waals surface area contributed by atoms with Crippen LogP contribution in [0.1, 0.15) is 24.2 Å². The molecule has 15 heavy (non-hydrogen) atoms. The molecule has 2 rings (SSSR count). The van der Waals surface area contributed by atoms with Crippen LogP contribution in [-0.2, 0) is 4.79 Å². The molecule has 3 nitrogen and oxygen atoms in total. The third kappa shape index (κ3) is 1.54. The Hall–Kier alpha value is -1.64. The van der Waals surface area contributed by atoms with E-state index < -0.39 is 5.92 Å². The van der Waals surface area contributed by atoms with Gasteiger partial charge < -0.3 is 4.74 Å². The number of ketones is 2. The lowest BCUT2D eigenvalue weighted by Gasteiger charge is -2.28. The molecule has 1 aromatic carbocycles. The Morgan fingerprint density at radius 3 is 2.67 bits per heavy atom. The van der Waals surface area contributed by atoms with Gasteiger partial charge in [0.1, 0.15) is 23.6 Å². The Morgan fingerprint density at radius 1 is 1.33 bits per heavy atom. The van der Waals surface area contributed by atoms with Crippen LogP contribution in [0.5, 0.6) is 5.75 Å². The molecule has 0 unspecified atom stereocenters. The highest BCUT2D eigenvalue weighted by molar-refractivity contribution is 6.12. The number of Topliss-reactive ketones (excluding diaryl/α,β-unsaturated/α-hetero) is 2. The van der Waals surface area contributed by atoms with Crippen LogP contribution >= 0.6 is 0 Å². The van der Waals surface area contributed by atoms with Gasteiger partial charge >= 0.3 is 0 Å². The standard InChI is InChI=1S/C12H12O3/c1-7(13)11-8(2)15-10-6-4-3-5-9(10)12(11)14/h3-6,8,11H,1-2H3/t8-,11-/m0/s1. The van der Waals surface area contributed by atoms with Gasteiger partial charge in [0.25, 0.3) is 0 Å². The highest BCUT2D eigenvalue weighted by Crippen LogP contribution is 2.30. The Bertz CT molecular complexity index is 423. The van der Waals surface area contributed by atoms with Gasteiger partial charge in [-0.15, -0.1) is 0 Å². The molecule has 0 saturated heterocycles. The molecule has 0 spiro atoms. The minimum atomic E-state index is -0.653. The van der Waals surface area contributed by atoms with E-state index in [1.165, 1.54) is 6.92 Å². The van der Waals surface area contributed by atoms with E-state index in [9.17, 15) is 9.59 Å². The average Bonchev–Trinajstić information content (AvgIpc) is 2.17. The molecule has 1 aliphatic heterocycles. The Labute approximate surface area is 88.1 Å². The van der Waals surface area contributed by atoms with Crippen molar-refractivity contribution in [3.05, 3.63) is 29.8 Å². The van der Waals surface area contributed by atoms with E-state index in [-0.39, 0.29) is 17.7 Å². The first kappa shape index (κ1) is 9.90. The summed E-state index contributed by atoms with van der Waals surface area (Å²) in [5.41, 5.74) is 0.510. The molecule has 0 amide bonds. The van der Waals surface area contributed by atoms with E-state index in [4.69, 9.17) is 4.74 Å². The first-order valence-corrected chi connectivity index (χ1v) is 4.91. The summed E-state index contributed by atoms with van der Waals surface area (Å²) in [6.07, 6.45) is -0.370. The van der Waals surface area contributed by atoms with E-state index >= 15 is 0 Å². The van der Waals surface area contributed by atoms with E-state index in [1.807, 2.05) is 6.07 Å². The van der Waals surface area contributed by atoms with Crippen molar-refractivity contribution in [1.82, 2.24) is 0 Å². The van der Waals surface area contributed by atoms with Crippen LogP contribution in [0, 0.1) is 5.92 Å². The highest BCUT2D eigenvalue weighted by Gasteiger charge is 2.37. The third-order valence-electron chi connectivity index (χ3n) is 2.66. The SMILES string of the molecule is CC(=O)[C@@H]1C(=O)c2ccccc2O[C@H]1C. The molecular weight excluding hydrogens is 192 g/mol. The molecule has 3 heteroatoms. The normalized spacial score (nSPS) is 24.3. The molecule has 0 aromatic heterocycles. The van der Waals surface area contributed by atoms with Crippen LogP contribution in [0.3, 0.4) is 0 Å². The number of benzene rings is 1. The van der Waals surface area contributed by atoms with Crippen LogP contribution in [0.15, 0.2) is 24.3 Å². The number of fused-ring (bicyclic) bond motifs is 1. The first-order valence-electron chi connectivity index (χ1n) is 4.91. The lowest BCUT2D eigenvalue weighted by atomic mass is 9.87. The number of ether oxygens (including phenoxy) is 1. The van der Waals surface area contributed by atoms with Crippen molar-refractivity contribution in [2.75, 3.05) is 0 Å². The number of hydrogen-bond acceptors (Lipinski definition) is 3. The van der Waals surface area contributed by atoms with Gasteiger partial charge in [0.05, 0.1) is 5.56 Å². The van der Waals surface area contributed by atoms with Crippen molar-refractivity contribution in [2.45, 2.75) is 20.0 Å². The summed E-state index contributed by atoms with van der Waals surface area (Å²) >= 11 is 0. The Balaban J connectivity index is 2.47. The maximum absolute atomic E-state index is 12.0. The zero-order valence-electron chi connectivity index (χ0n) is 8.69. The molecule has 0 N–H and O–H groups in total. The van der Waals surface area contributed by atoms with E-state index in [1.54, 1.807) is 25.1 Å². The van der Waals surface area contributed by atoms with Gasteiger partial charge in [0, 0.05) is 0 Å². The lowest BCUT2D eigenvalue weighted by Crippen LogP contribution is -2.39. The first-order chi connectivity index (χ1) is 7.11. The number of hydrogen-bond donors (Lipinski definition) is 0. The van der Waals surface area contributed by atoms with Crippen LogP contribution in [0.4, 0.5) is 0 Å². The fourth-order valence-corrected chi connectivity index (χ4v) is 1.94. The van der Waals surface area contributed by atoms with Crippen LogP contribution in [0.2, 0.25) is 0 Å². The fourth-order valence-electron chi connectivity index (χ4n) is 1.94. The molecule has 0 saturated carbocycles. The van der Waals surface area contributed by atoms with Crippen LogP contribution < -0.4 is 4.74 Å². The summed E-state index contributed by atoms with van der Waals surface area (Å²) in [6.45, 7) is 3.18. The molecule has 0 aliphatic carbocycles. The van der Waals surface area contributed by atoms with Gasteiger partial charge in [-0.1, -0.05) is 12.1 Å². The predicted octanol–water partition coefficient (Wildman–Crippen LogP) is 1.86. The smallest absolute Gasteiger partial charge is 0.180 e. The lowest BCUT2D eigenvalue weighted by molar-refractivity contribution is -0.121. The third-order valence-corrected chi connectivity index (χ3v) is 2.66. The predicted molar refractivity (Wildman–Crippen MR) is 55.0 cm³/mol. The summed E-state index contributed by atoms with van der Waals surface area (Å²) in [5, 5.41) is 0. The summed E-state index contributed by atoms with van der Waals surface area (Å²) in [6, 6.07) is 7.03. The van der Waals surface area contributed by atoms with Crippen molar-refractivity contribution >= 4 is 11.6 Å². The molecule has 1 aromatic rings. The number of rotatable bonds is 1. The molecule has 0 bridgehead atoms. The molecular formula is C12H12O3. The van der Waals surface area contributed by atoms with Crippen molar-refractivity contribution in [3.8, 4) is 5.75 Å². The molecule has 0 fully saturated rings. The summed E-state index contributed by atoms with van der Waals surface area (Å²) < 4.78 is 5.53. The van der Waals surface area contributed by atoms with Crippen molar-refractivity contribution < 1.29 is 14.3 Å². The molecule has 0 radical (unpaired) electrons.